The second-order valence-corrected chi connectivity index (χ2v) is 6.57. The van der Waals surface area contributed by atoms with Crippen LogP contribution in [0.1, 0.15) is 6.92 Å². The highest BCUT2D eigenvalue weighted by Gasteiger charge is 2.25. The van der Waals surface area contributed by atoms with Crippen molar-refractivity contribution in [3.63, 3.8) is 0 Å². The number of nitrogens with zero attached hydrogens (tertiary/aromatic N) is 2. The van der Waals surface area contributed by atoms with E-state index >= 15 is 0 Å². The Labute approximate surface area is 89.3 Å². The summed E-state index contributed by atoms with van der Waals surface area (Å²) in [6.45, 7) is 3.13. The minimum absolute atomic E-state index is 0.371. The topological polar surface area (TPSA) is 61.2 Å². The van der Waals surface area contributed by atoms with Crippen molar-refractivity contribution in [2.75, 3.05) is 30.3 Å². The number of hydrogen-bond acceptors (Lipinski definition) is 4. The molecule has 1 saturated heterocycles. The summed E-state index contributed by atoms with van der Waals surface area (Å²) >= 11 is 1.77. The molecule has 0 saturated carbocycles. The highest BCUT2D eigenvalue weighted by molar-refractivity contribution is 7.99. The maximum absolute atomic E-state index is 11.6. The molecule has 1 aliphatic heterocycles. The van der Waals surface area contributed by atoms with Gasteiger partial charge in [0.05, 0.1) is 6.07 Å². The first kappa shape index (κ1) is 11.8. The van der Waals surface area contributed by atoms with Crippen LogP contribution in [0.15, 0.2) is 0 Å². The summed E-state index contributed by atoms with van der Waals surface area (Å²) in [4.78, 5) is 0. The van der Waals surface area contributed by atoms with Crippen molar-refractivity contribution in [3.8, 4) is 6.07 Å². The molecule has 1 rings (SSSR count). The molecule has 0 aromatic carbocycles. The van der Waals surface area contributed by atoms with Crippen LogP contribution in [-0.2, 0) is 10.0 Å². The molecule has 0 radical (unpaired) electrons. The Kier molecular flexibility index (Phi) is 4.23. The molecular formula is C8H14N2O2S2. The van der Waals surface area contributed by atoms with Crippen LogP contribution >= 0.6 is 11.8 Å². The van der Waals surface area contributed by atoms with E-state index in [4.69, 9.17) is 5.26 Å². The maximum atomic E-state index is 11.6. The minimum Gasteiger partial charge on any atom is -0.211 e. The van der Waals surface area contributed by atoms with E-state index in [0.29, 0.717) is 19.0 Å². The third kappa shape index (κ3) is 3.15. The van der Waals surface area contributed by atoms with E-state index in [1.807, 2.05) is 6.92 Å². The fourth-order valence-electron chi connectivity index (χ4n) is 1.37. The molecule has 0 N–H and O–H groups in total. The van der Waals surface area contributed by atoms with Gasteiger partial charge in [-0.1, -0.05) is 6.92 Å². The average molecular weight is 234 g/mol. The Morgan fingerprint density at radius 3 is 3.00 bits per heavy atom. The van der Waals surface area contributed by atoms with E-state index in [9.17, 15) is 8.42 Å². The smallest absolute Gasteiger partial charge is 0.211 e. The fraction of sp³-hybridized carbons (Fsp3) is 0.875. The summed E-state index contributed by atoms with van der Waals surface area (Å²) in [6, 6.07) is 1.70. The lowest BCUT2D eigenvalue weighted by molar-refractivity contribution is 0.393. The normalized spacial score (nSPS) is 25.3. The van der Waals surface area contributed by atoms with Gasteiger partial charge in [-0.2, -0.15) is 21.3 Å². The Hall–Kier alpha value is -0.250. The zero-order valence-electron chi connectivity index (χ0n) is 8.14. The molecular weight excluding hydrogens is 220 g/mol. The number of hydrogen-bond donors (Lipinski definition) is 0. The van der Waals surface area contributed by atoms with Gasteiger partial charge in [0, 0.05) is 18.8 Å². The van der Waals surface area contributed by atoms with Gasteiger partial charge >= 0.3 is 0 Å². The molecule has 0 aromatic heterocycles. The average Bonchev–Trinajstić information content (AvgIpc) is 2.30. The highest BCUT2D eigenvalue weighted by Crippen LogP contribution is 2.17. The molecule has 1 unspecified atom stereocenters. The second kappa shape index (κ2) is 5.01. The number of thioether (sulfide) groups is 1. The SMILES string of the molecule is CC1CSCCN(S(=O)(=O)CC#N)C1. The van der Waals surface area contributed by atoms with Crippen molar-refractivity contribution in [3.05, 3.63) is 0 Å². The van der Waals surface area contributed by atoms with Crippen molar-refractivity contribution in [2.24, 2.45) is 5.92 Å². The molecule has 0 aliphatic carbocycles. The molecule has 80 valence electrons. The predicted molar refractivity (Wildman–Crippen MR) is 57.5 cm³/mol. The highest BCUT2D eigenvalue weighted by atomic mass is 32.2. The van der Waals surface area contributed by atoms with E-state index < -0.39 is 15.8 Å². The van der Waals surface area contributed by atoms with Crippen molar-refractivity contribution in [2.45, 2.75) is 6.92 Å². The molecule has 1 heterocycles. The lowest BCUT2D eigenvalue weighted by atomic mass is 10.2. The first-order valence-corrected chi connectivity index (χ1v) is 7.25. The van der Waals surface area contributed by atoms with Crippen LogP contribution < -0.4 is 0 Å². The Balaban J connectivity index is 2.71. The van der Waals surface area contributed by atoms with Crippen molar-refractivity contribution in [1.29, 1.82) is 5.26 Å². The van der Waals surface area contributed by atoms with Gasteiger partial charge in [0.1, 0.15) is 0 Å². The molecule has 0 bridgehead atoms. The van der Waals surface area contributed by atoms with Gasteiger partial charge in [-0.15, -0.1) is 0 Å². The fourth-order valence-corrected chi connectivity index (χ4v) is 3.70. The summed E-state index contributed by atoms with van der Waals surface area (Å²) in [7, 11) is -3.33. The van der Waals surface area contributed by atoms with Crippen LogP contribution in [-0.4, -0.2) is 43.1 Å². The number of sulfonamides is 1. The van der Waals surface area contributed by atoms with E-state index in [2.05, 4.69) is 0 Å². The van der Waals surface area contributed by atoms with Gasteiger partial charge in [0.25, 0.3) is 0 Å². The minimum atomic E-state index is -3.33. The molecule has 6 heteroatoms. The number of rotatable bonds is 2. The standard InChI is InChI=1S/C8H14N2O2S2/c1-8-6-10(3-4-13-7-8)14(11,12)5-2-9/h8H,3-7H2,1H3. The largest absolute Gasteiger partial charge is 0.227 e. The first-order chi connectivity index (χ1) is 6.56. The van der Waals surface area contributed by atoms with E-state index in [1.54, 1.807) is 17.8 Å². The third-order valence-corrected chi connectivity index (χ3v) is 4.93. The molecule has 1 fully saturated rings. The van der Waals surface area contributed by atoms with E-state index in [1.165, 1.54) is 4.31 Å². The van der Waals surface area contributed by atoms with Crippen LogP contribution in [0.25, 0.3) is 0 Å². The lowest BCUT2D eigenvalue weighted by Crippen LogP contribution is -2.36. The summed E-state index contributed by atoms with van der Waals surface area (Å²) in [5.74, 6) is 1.80. The molecule has 0 amide bonds. The van der Waals surface area contributed by atoms with Gasteiger partial charge in [0.2, 0.25) is 10.0 Å². The molecule has 1 atom stereocenters. The lowest BCUT2D eigenvalue weighted by Gasteiger charge is -2.19. The van der Waals surface area contributed by atoms with Gasteiger partial charge < -0.3 is 0 Å². The van der Waals surface area contributed by atoms with Crippen LogP contribution in [0.2, 0.25) is 0 Å². The van der Waals surface area contributed by atoms with Gasteiger partial charge in [-0.3, -0.25) is 0 Å². The number of nitriles is 1. The zero-order valence-corrected chi connectivity index (χ0v) is 9.77. The van der Waals surface area contributed by atoms with Gasteiger partial charge in [-0.25, -0.2) is 8.42 Å². The predicted octanol–water partition coefficient (Wildman–Crippen LogP) is 0.525. The Morgan fingerprint density at radius 2 is 2.36 bits per heavy atom. The third-order valence-electron chi connectivity index (χ3n) is 2.04. The van der Waals surface area contributed by atoms with Crippen LogP contribution in [0.4, 0.5) is 0 Å². The monoisotopic (exact) mass is 234 g/mol. The van der Waals surface area contributed by atoms with Gasteiger partial charge in [0.15, 0.2) is 5.75 Å². The Bertz CT molecular complexity index is 321. The maximum Gasteiger partial charge on any atom is 0.227 e. The van der Waals surface area contributed by atoms with Crippen molar-refractivity contribution >= 4 is 21.8 Å². The van der Waals surface area contributed by atoms with E-state index in [0.717, 1.165) is 11.5 Å². The molecule has 0 spiro atoms. The molecule has 14 heavy (non-hydrogen) atoms. The summed E-state index contributed by atoms with van der Waals surface area (Å²) in [6.07, 6.45) is 0. The van der Waals surface area contributed by atoms with Gasteiger partial charge in [-0.05, 0) is 11.7 Å². The molecule has 0 aromatic rings. The van der Waals surface area contributed by atoms with Crippen LogP contribution in [0.5, 0.6) is 0 Å². The Morgan fingerprint density at radius 1 is 1.64 bits per heavy atom. The quantitative estimate of drug-likeness (QED) is 0.699. The second-order valence-electron chi connectivity index (χ2n) is 3.45. The summed E-state index contributed by atoms with van der Waals surface area (Å²) in [5.41, 5.74) is 0. The van der Waals surface area contributed by atoms with Crippen LogP contribution in [0.3, 0.4) is 0 Å². The summed E-state index contributed by atoms with van der Waals surface area (Å²) in [5, 5.41) is 8.41. The zero-order chi connectivity index (χ0) is 10.6. The molecule has 4 nitrogen and oxygen atoms in total. The van der Waals surface area contributed by atoms with Crippen LogP contribution in [0, 0.1) is 17.2 Å². The summed E-state index contributed by atoms with van der Waals surface area (Å²) < 4.78 is 24.6. The van der Waals surface area contributed by atoms with E-state index in [-0.39, 0.29) is 0 Å². The van der Waals surface area contributed by atoms with Crippen molar-refractivity contribution < 1.29 is 8.42 Å². The first-order valence-electron chi connectivity index (χ1n) is 4.49. The van der Waals surface area contributed by atoms with Crippen molar-refractivity contribution in [1.82, 2.24) is 4.31 Å². The molecule has 1 aliphatic rings.